The highest BCUT2D eigenvalue weighted by Gasteiger charge is 2.10. The lowest BCUT2D eigenvalue weighted by Crippen LogP contribution is -2.02. The van der Waals surface area contributed by atoms with Gasteiger partial charge >= 0.3 is 5.97 Å². The van der Waals surface area contributed by atoms with Crippen LogP contribution in [-0.4, -0.2) is 13.1 Å². The number of methoxy groups -OCH3 is 1. The monoisotopic (exact) mass is 246 g/mol. The Kier molecular flexibility index (Phi) is 3.17. The maximum Gasteiger partial charge on any atom is 0.339 e. The van der Waals surface area contributed by atoms with E-state index in [1.54, 1.807) is 12.1 Å². The van der Waals surface area contributed by atoms with Crippen LogP contribution in [0.25, 0.3) is 0 Å². The molecule has 0 saturated heterocycles. The van der Waals surface area contributed by atoms with Crippen LogP contribution in [0.3, 0.4) is 0 Å². The van der Waals surface area contributed by atoms with Crippen LogP contribution in [-0.2, 0) is 4.74 Å². The molecule has 0 saturated carbocycles. The second-order valence-corrected chi connectivity index (χ2v) is 3.43. The van der Waals surface area contributed by atoms with E-state index in [4.69, 9.17) is 0 Å². The molecule has 1 aromatic carbocycles. The van der Waals surface area contributed by atoms with E-state index >= 15 is 0 Å². The van der Waals surface area contributed by atoms with Crippen molar-refractivity contribution in [3.8, 4) is 0 Å². The first-order valence-corrected chi connectivity index (χ1v) is 4.46. The van der Waals surface area contributed by atoms with Crippen LogP contribution in [0.1, 0.15) is 10.4 Å². The maximum absolute atomic E-state index is 11.1. The minimum atomic E-state index is -0.374. The summed E-state index contributed by atoms with van der Waals surface area (Å²) in [4.78, 5) is 11.7. The van der Waals surface area contributed by atoms with Crippen molar-refractivity contribution in [2.75, 3.05) is 7.11 Å². The fourth-order valence-corrected chi connectivity index (χ4v) is 1.40. The smallest absolute Gasteiger partial charge is 0.339 e. The summed E-state index contributed by atoms with van der Waals surface area (Å²) in [5.74, 6) is -0.374. The third-order valence-corrected chi connectivity index (χ3v) is 2.84. The average Bonchev–Trinajstić information content (AvgIpc) is 2.08. The molecule has 0 aliphatic carbocycles. The molecule has 4 heteroatoms. The summed E-state index contributed by atoms with van der Waals surface area (Å²) in [5, 5.41) is 0. The van der Waals surface area contributed by atoms with Crippen molar-refractivity contribution in [3.63, 3.8) is 0 Å². The van der Waals surface area contributed by atoms with Gasteiger partial charge < -0.3 is 4.74 Å². The Labute approximate surface area is 84.5 Å². The molecular weight excluding hydrogens is 240 g/mol. The molecule has 0 amide bonds. The SMILES string of the molecule is COC(=O)c1cccc(Br)c1S. The first kappa shape index (κ1) is 9.61. The molecule has 0 radical (unpaired) electrons. The molecule has 0 aliphatic rings. The number of esters is 1. The van der Waals surface area contributed by atoms with Crippen molar-refractivity contribution in [3.05, 3.63) is 28.2 Å². The van der Waals surface area contributed by atoms with E-state index in [9.17, 15) is 4.79 Å². The van der Waals surface area contributed by atoms with Gasteiger partial charge in [0.25, 0.3) is 0 Å². The minimum absolute atomic E-state index is 0.374. The minimum Gasteiger partial charge on any atom is -0.465 e. The quantitative estimate of drug-likeness (QED) is 0.609. The van der Waals surface area contributed by atoms with E-state index in [2.05, 4.69) is 33.3 Å². The second-order valence-electron chi connectivity index (χ2n) is 2.13. The lowest BCUT2D eigenvalue weighted by atomic mass is 10.2. The zero-order chi connectivity index (χ0) is 9.14. The Balaban J connectivity index is 3.16. The van der Waals surface area contributed by atoms with Crippen molar-refractivity contribution in [2.24, 2.45) is 0 Å². The van der Waals surface area contributed by atoms with Crippen molar-refractivity contribution < 1.29 is 9.53 Å². The van der Waals surface area contributed by atoms with Gasteiger partial charge in [-0.05, 0) is 28.1 Å². The number of thiol groups is 1. The van der Waals surface area contributed by atoms with Crippen LogP contribution in [0.15, 0.2) is 27.6 Å². The standard InChI is InChI=1S/C8H7BrO2S/c1-11-8(10)5-3-2-4-6(9)7(5)12/h2-4,12H,1H3. The number of rotatable bonds is 1. The van der Waals surface area contributed by atoms with Crippen molar-refractivity contribution in [1.29, 1.82) is 0 Å². The van der Waals surface area contributed by atoms with Gasteiger partial charge in [-0.1, -0.05) is 6.07 Å². The number of carbonyl (C=O) groups excluding carboxylic acids is 1. The maximum atomic E-state index is 11.1. The molecular formula is C8H7BrO2S. The van der Waals surface area contributed by atoms with Gasteiger partial charge in [-0.2, -0.15) is 0 Å². The Morgan fingerprint density at radius 1 is 1.58 bits per heavy atom. The zero-order valence-electron chi connectivity index (χ0n) is 6.37. The lowest BCUT2D eigenvalue weighted by Gasteiger charge is -2.03. The van der Waals surface area contributed by atoms with Crippen LogP contribution >= 0.6 is 28.6 Å². The van der Waals surface area contributed by atoms with E-state index in [-0.39, 0.29) is 5.97 Å². The van der Waals surface area contributed by atoms with Gasteiger partial charge in [0.15, 0.2) is 0 Å². The van der Waals surface area contributed by atoms with E-state index in [0.29, 0.717) is 10.5 Å². The molecule has 0 N–H and O–H groups in total. The summed E-state index contributed by atoms with van der Waals surface area (Å²) in [5.41, 5.74) is 0.468. The molecule has 0 spiro atoms. The Bertz CT molecular complexity index is 312. The van der Waals surface area contributed by atoms with Gasteiger partial charge in [0.2, 0.25) is 0 Å². The number of hydrogen-bond acceptors (Lipinski definition) is 3. The van der Waals surface area contributed by atoms with Crippen LogP contribution in [0.5, 0.6) is 0 Å². The van der Waals surface area contributed by atoms with Gasteiger partial charge in [-0.3, -0.25) is 0 Å². The fraction of sp³-hybridized carbons (Fsp3) is 0.125. The number of ether oxygens (including phenoxy) is 1. The summed E-state index contributed by atoms with van der Waals surface area (Å²) in [6.45, 7) is 0. The largest absolute Gasteiger partial charge is 0.465 e. The Morgan fingerprint density at radius 2 is 2.25 bits per heavy atom. The highest BCUT2D eigenvalue weighted by molar-refractivity contribution is 9.10. The predicted octanol–water partition coefficient (Wildman–Crippen LogP) is 2.52. The Morgan fingerprint density at radius 3 is 2.83 bits per heavy atom. The normalized spacial score (nSPS) is 9.58. The van der Waals surface area contributed by atoms with Gasteiger partial charge in [0.1, 0.15) is 0 Å². The summed E-state index contributed by atoms with van der Waals surface area (Å²) in [6, 6.07) is 5.24. The summed E-state index contributed by atoms with van der Waals surface area (Å²) in [7, 11) is 1.34. The topological polar surface area (TPSA) is 26.3 Å². The molecule has 0 atom stereocenters. The van der Waals surface area contributed by atoms with Crippen molar-refractivity contribution in [2.45, 2.75) is 4.90 Å². The molecule has 1 aromatic rings. The summed E-state index contributed by atoms with van der Waals surface area (Å²) in [6.07, 6.45) is 0. The van der Waals surface area contributed by atoms with Gasteiger partial charge in [-0.25, -0.2) is 4.79 Å². The number of benzene rings is 1. The van der Waals surface area contributed by atoms with Crippen LogP contribution in [0.2, 0.25) is 0 Å². The number of halogens is 1. The van der Waals surface area contributed by atoms with Crippen LogP contribution in [0.4, 0.5) is 0 Å². The third kappa shape index (κ3) is 1.81. The molecule has 0 unspecified atom stereocenters. The second kappa shape index (κ2) is 3.96. The lowest BCUT2D eigenvalue weighted by molar-refractivity contribution is 0.0596. The predicted molar refractivity (Wildman–Crippen MR) is 52.7 cm³/mol. The third-order valence-electron chi connectivity index (χ3n) is 1.39. The highest BCUT2D eigenvalue weighted by atomic mass is 79.9. The van der Waals surface area contributed by atoms with Gasteiger partial charge in [0.05, 0.1) is 12.7 Å². The molecule has 0 heterocycles. The molecule has 0 aliphatic heterocycles. The van der Waals surface area contributed by atoms with E-state index < -0.39 is 0 Å². The first-order valence-electron chi connectivity index (χ1n) is 3.22. The van der Waals surface area contributed by atoms with E-state index in [1.807, 2.05) is 6.07 Å². The molecule has 0 aromatic heterocycles. The first-order chi connectivity index (χ1) is 5.66. The molecule has 2 nitrogen and oxygen atoms in total. The molecule has 0 bridgehead atoms. The molecule has 0 fully saturated rings. The van der Waals surface area contributed by atoms with E-state index in [1.165, 1.54) is 7.11 Å². The highest BCUT2D eigenvalue weighted by Crippen LogP contribution is 2.24. The summed E-state index contributed by atoms with van der Waals surface area (Å²) < 4.78 is 5.35. The molecule has 12 heavy (non-hydrogen) atoms. The Hall–Kier alpha value is -0.480. The van der Waals surface area contributed by atoms with Gasteiger partial charge in [-0.15, -0.1) is 12.6 Å². The van der Waals surface area contributed by atoms with Crippen molar-refractivity contribution >= 4 is 34.5 Å². The van der Waals surface area contributed by atoms with Crippen LogP contribution in [0, 0.1) is 0 Å². The molecule has 64 valence electrons. The number of carbonyl (C=O) groups is 1. The fourth-order valence-electron chi connectivity index (χ4n) is 0.790. The zero-order valence-corrected chi connectivity index (χ0v) is 8.85. The average molecular weight is 247 g/mol. The summed E-state index contributed by atoms with van der Waals surface area (Å²) >= 11 is 7.42. The van der Waals surface area contributed by atoms with Gasteiger partial charge in [0, 0.05) is 9.37 Å². The van der Waals surface area contributed by atoms with Crippen LogP contribution < -0.4 is 0 Å². The number of hydrogen-bond donors (Lipinski definition) is 1. The van der Waals surface area contributed by atoms with Crippen molar-refractivity contribution in [1.82, 2.24) is 0 Å². The molecule has 1 rings (SSSR count). The van der Waals surface area contributed by atoms with E-state index in [0.717, 1.165) is 4.47 Å².